The van der Waals surface area contributed by atoms with Gasteiger partial charge in [-0.1, -0.05) is 24.9 Å². The molecule has 0 amide bonds. The zero-order valence-corrected chi connectivity index (χ0v) is 23.3. The zero-order chi connectivity index (χ0) is 29.9. The lowest BCUT2D eigenvalue weighted by atomic mass is 9.96. The van der Waals surface area contributed by atoms with Gasteiger partial charge in [-0.25, -0.2) is 4.57 Å². The second kappa shape index (κ2) is 12.8. The van der Waals surface area contributed by atoms with Gasteiger partial charge < -0.3 is 24.2 Å². The molecule has 1 fully saturated rings. The van der Waals surface area contributed by atoms with E-state index in [9.17, 15) is 24.4 Å². The molecule has 15 heteroatoms. The molecule has 1 aliphatic heterocycles. The van der Waals surface area contributed by atoms with Crippen molar-refractivity contribution in [1.82, 2.24) is 14.6 Å². The van der Waals surface area contributed by atoms with Gasteiger partial charge >= 0.3 is 13.7 Å². The highest BCUT2D eigenvalue weighted by Gasteiger charge is 2.53. The number of rotatable bonds is 12. The molecule has 2 aromatic rings. The molecule has 0 aliphatic carbocycles. The van der Waals surface area contributed by atoms with E-state index in [1.165, 1.54) is 44.3 Å². The van der Waals surface area contributed by atoms with Gasteiger partial charge in [0.1, 0.15) is 29.6 Å². The summed E-state index contributed by atoms with van der Waals surface area (Å²) in [6.45, 7) is 1.43. The Hall–Kier alpha value is -2.09. The number of aliphatic hydroxyl groups is 2. The first kappa shape index (κ1) is 27.5. The molecule has 2 heterocycles. The fraction of sp³-hybridized carbons (Fsp3) is 0.522. The summed E-state index contributed by atoms with van der Waals surface area (Å²) in [4.78, 5) is 26.4. The number of nitrogens with zero attached hydrogens (tertiary/aromatic N) is 1. The van der Waals surface area contributed by atoms with Crippen LogP contribution < -0.4 is 15.2 Å². The molecule has 12 nitrogen and oxygen atoms in total. The van der Waals surface area contributed by atoms with Crippen LogP contribution in [-0.4, -0.2) is 62.8 Å². The van der Waals surface area contributed by atoms with E-state index in [0.717, 1.165) is 17.1 Å². The van der Waals surface area contributed by atoms with Crippen LogP contribution in [0.3, 0.4) is 0 Å². The predicted octanol–water partition coefficient (Wildman–Crippen LogP) is 3.09. The number of hydrogen-bond donors (Lipinski definition) is 4. The number of unbranched alkanes of at least 4 members (excludes halogenated alkanes) is 1. The van der Waals surface area contributed by atoms with E-state index < -0.39 is 55.9 Å². The highest BCUT2D eigenvalue weighted by atomic mass is 35.5. The Morgan fingerprint density at radius 2 is 2.11 bits per heavy atom. The summed E-state index contributed by atoms with van der Waals surface area (Å²) in [5.41, 5.74) is -2.67. The number of carbonyl (C=O) groups excluding carboxylic acids is 1. The smallest absolute Gasteiger partial charge is 0.459 e. The van der Waals surface area contributed by atoms with Crippen LogP contribution in [0.15, 0.2) is 41.3 Å². The van der Waals surface area contributed by atoms with Crippen molar-refractivity contribution in [2.75, 3.05) is 13.2 Å². The van der Waals surface area contributed by atoms with Crippen LogP contribution in [0.4, 0.5) is 0 Å². The maximum Gasteiger partial charge on any atom is 0.459 e. The van der Waals surface area contributed by atoms with Crippen LogP contribution >= 0.6 is 31.6 Å². The summed E-state index contributed by atoms with van der Waals surface area (Å²) in [5, 5.41) is 24.6. The molecular formula is C23H31ClN3O9PS. The summed E-state index contributed by atoms with van der Waals surface area (Å²) in [5.74, 6) is -0.829. The SMILES string of the molecule is [2H]C([2H])(O[P@@](=O)(N[C@@H](C)C(=O)OCCCC)Oc1ccc(Cl)cc1)[C@H]1O[C@@H](n2ccc(=O)[nH]c2=S)C(C)(O)[C@H]1O. The van der Waals surface area contributed by atoms with Gasteiger partial charge in [-0.15, -0.1) is 0 Å². The summed E-state index contributed by atoms with van der Waals surface area (Å²) in [6.07, 6.45) is -2.79. The van der Waals surface area contributed by atoms with E-state index in [-0.39, 0.29) is 17.1 Å². The van der Waals surface area contributed by atoms with E-state index >= 15 is 0 Å². The molecule has 0 saturated carbocycles. The van der Waals surface area contributed by atoms with Crippen molar-refractivity contribution in [3.8, 4) is 5.75 Å². The third-order valence-electron chi connectivity index (χ3n) is 5.54. The number of ether oxygens (including phenoxy) is 2. The van der Waals surface area contributed by atoms with Gasteiger partial charge in [0.25, 0.3) is 5.56 Å². The molecule has 210 valence electrons. The molecule has 6 atom stereocenters. The molecule has 1 aromatic heterocycles. The summed E-state index contributed by atoms with van der Waals surface area (Å²) < 4.78 is 53.5. The van der Waals surface area contributed by atoms with Crippen LogP contribution in [0.25, 0.3) is 0 Å². The van der Waals surface area contributed by atoms with E-state index in [0.29, 0.717) is 11.4 Å². The number of H-pyrrole nitrogens is 1. The van der Waals surface area contributed by atoms with E-state index in [1.54, 1.807) is 0 Å². The van der Waals surface area contributed by atoms with E-state index in [4.69, 9.17) is 45.1 Å². The van der Waals surface area contributed by atoms with Gasteiger partial charge in [-0.2, -0.15) is 5.09 Å². The number of halogens is 1. The van der Waals surface area contributed by atoms with Gasteiger partial charge in [-0.3, -0.25) is 23.7 Å². The average Bonchev–Trinajstić information content (AvgIpc) is 3.09. The molecule has 4 N–H and O–H groups in total. The Morgan fingerprint density at radius 3 is 2.74 bits per heavy atom. The predicted molar refractivity (Wildman–Crippen MR) is 141 cm³/mol. The quantitative estimate of drug-likeness (QED) is 0.124. The van der Waals surface area contributed by atoms with Crippen molar-refractivity contribution in [2.45, 2.75) is 63.7 Å². The summed E-state index contributed by atoms with van der Waals surface area (Å²) in [7, 11) is -4.77. The maximum absolute atomic E-state index is 13.9. The lowest BCUT2D eigenvalue weighted by Gasteiger charge is -2.28. The third kappa shape index (κ3) is 7.51. The van der Waals surface area contributed by atoms with Crippen LogP contribution in [0.5, 0.6) is 5.75 Å². The van der Waals surface area contributed by atoms with Crippen molar-refractivity contribution in [3.05, 3.63) is 56.7 Å². The number of nitrogens with one attached hydrogen (secondary N) is 2. The van der Waals surface area contributed by atoms with Crippen LogP contribution in [0.1, 0.15) is 42.6 Å². The van der Waals surface area contributed by atoms with Gasteiger partial charge in [0.15, 0.2) is 11.0 Å². The second-order valence-corrected chi connectivity index (χ2v) is 11.2. The van der Waals surface area contributed by atoms with Gasteiger partial charge in [0, 0.05) is 17.3 Å². The fourth-order valence-corrected chi connectivity index (χ4v) is 5.16. The number of carbonyl (C=O) groups is 1. The Labute approximate surface area is 232 Å². The average molecular weight is 594 g/mol. The first-order chi connectivity index (χ1) is 18.6. The van der Waals surface area contributed by atoms with Crippen LogP contribution in [0, 0.1) is 4.77 Å². The standard InChI is InChI=1S/C23H31ClN3O9PS/c1-4-5-12-33-20(30)14(2)26-37(32,36-16-8-6-15(24)7-9-16)34-13-17-19(29)23(3,31)21(35-17)27-11-10-18(28)25-22(27)38/h6-11,14,17,19,21,29,31H,4-5,12-13H2,1-3H3,(H,26,32)(H,25,28,38)/t14-,17+,19-,21+,23?,37-/m0/s1/i13D2. The van der Waals surface area contributed by atoms with Crippen molar-refractivity contribution >= 4 is 37.5 Å². The van der Waals surface area contributed by atoms with Crippen LogP contribution in [-0.2, 0) is 23.4 Å². The first-order valence-electron chi connectivity index (χ1n) is 12.7. The number of aliphatic hydroxyl groups excluding tert-OH is 1. The van der Waals surface area contributed by atoms with Crippen molar-refractivity contribution in [3.63, 3.8) is 0 Å². The first-order valence-corrected chi connectivity index (χ1v) is 14.0. The maximum atomic E-state index is 13.9. The number of aromatic amines is 1. The molecule has 0 radical (unpaired) electrons. The Kier molecular flexibility index (Phi) is 9.29. The molecule has 38 heavy (non-hydrogen) atoms. The van der Waals surface area contributed by atoms with Gasteiger partial charge in [0.2, 0.25) is 0 Å². The molecule has 3 rings (SSSR count). The largest absolute Gasteiger partial charge is 0.465 e. The molecular weight excluding hydrogens is 561 g/mol. The van der Waals surface area contributed by atoms with E-state index in [1.807, 2.05) is 6.92 Å². The van der Waals surface area contributed by atoms with Crippen molar-refractivity contribution in [2.24, 2.45) is 0 Å². The topological polar surface area (TPSA) is 161 Å². The third-order valence-corrected chi connectivity index (χ3v) is 7.61. The Bertz CT molecular complexity index is 1360. The molecule has 0 spiro atoms. The second-order valence-electron chi connectivity index (χ2n) is 8.72. The lowest BCUT2D eigenvalue weighted by Crippen LogP contribution is -2.45. The van der Waals surface area contributed by atoms with Crippen molar-refractivity contribution < 1.29 is 40.8 Å². The highest BCUT2D eigenvalue weighted by molar-refractivity contribution is 7.71. The van der Waals surface area contributed by atoms with Crippen LogP contribution in [0.2, 0.25) is 5.02 Å². The number of aromatic nitrogens is 2. The highest BCUT2D eigenvalue weighted by Crippen LogP contribution is 2.47. The molecule has 1 unspecified atom stereocenters. The molecule has 1 aromatic carbocycles. The Morgan fingerprint density at radius 1 is 1.42 bits per heavy atom. The van der Waals surface area contributed by atoms with Crippen molar-refractivity contribution in [1.29, 1.82) is 0 Å². The molecule has 0 bridgehead atoms. The monoisotopic (exact) mass is 593 g/mol. The number of benzene rings is 1. The summed E-state index contributed by atoms with van der Waals surface area (Å²) in [6, 6.07) is 5.38. The molecule has 1 saturated heterocycles. The van der Waals surface area contributed by atoms with E-state index in [2.05, 4.69) is 10.1 Å². The minimum Gasteiger partial charge on any atom is -0.465 e. The minimum atomic E-state index is -4.77. The Balaban J connectivity index is 1.90. The number of hydrogen-bond acceptors (Lipinski definition) is 10. The lowest BCUT2D eigenvalue weighted by molar-refractivity contribution is -0.145. The van der Waals surface area contributed by atoms with Gasteiger partial charge in [0.05, 0.1) is 15.9 Å². The number of esters is 1. The fourth-order valence-electron chi connectivity index (χ4n) is 3.41. The van der Waals surface area contributed by atoms with Gasteiger partial charge in [-0.05, 0) is 56.8 Å². The zero-order valence-electron chi connectivity index (χ0n) is 22.8. The summed E-state index contributed by atoms with van der Waals surface area (Å²) >= 11 is 11.0. The minimum absolute atomic E-state index is 0.0418. The molecule has 1 aliphatic rings. The normalized spacial score (nSPS) is 26.6.